The maximum Gasteiger partial charge on any atom is 0.334 e. The van der Waals surface area contributed by atoms with Crippen molar-refractivity contribution < 1.29 is 23.9 Å². The van der Waals surface area contributed by atoms with Crippen molar-refractivity contribution in [2.24, 2.45) is 0 Å². The molecule has 0 spiro atoms. The fourth-order valence-electron chi connectivity index (χ4n) is 3.30. The van der Waals surface area contributed by atoms with E-state index in [2.05, 4.69) is 4.74 Å². The molecule has 0 aromatic carbocycles. The summed E-state index contributed by atoms with van der Waals surface area (Å²) in [6, 6.07) is -0.994. The lowest BCUT2D eigenvalue weighted by molar-refractivity contribution is -0.140. The summed E-state index contributed by atoms with van der Waals surface area (Å²) in [4.78, 5) is 49.5. The van der Waals surface area contributed by atoms with Crippen LogP contribution in [-0.2, 0) is 19.1 Å². The molecule has 2 heterocycles. The molecule has 2 saturated heterocycles. The number of methoxy groups -OCH3 is 1. The van der Waals surface area contributed by atoms with Crippen LogP contribution in [0.4, 0.5) is 4.79 Å². The average molecular weight is 342 g/mol. The van der Waals surface area contributed by atoms with Crippen molar-refractivity contribution in [2.45, 2.75) is 56.9 Å². The van der Waals surface area contributed by atoms with E-state index in [-0.39, 0.29) is 35.1 Å². The SMILES string of the molecule is COC(=O)CCCC[C@@H]1SC[C@H]2[C@@H]1N(C(C)=O)C(=O)N2C(C)=O. The molecule has 8 heteroatoms. The molecule has 23 heavy (non-hydrogen) atoms. The zero-order chi connectivity index (χ0) is 17.1. The van der Waals surface area contributed by atoms with Crippen molar-refractivity contribution in [1.29, 1.82) is 0 Å². The Labute approximate surface area is 139 Å². The molecule has 2 rings (SSSR count). The first kappa shape index (κ1) is 17.8. The number of amides is 4. The fraction of sp³-hybridized carbons (Fsp3) is 0.733. The van der Waals surface area contributed by atoms with Crippen LogP contribution < -0.4 is 0 Å². The quantitative estimate of drug-likeness (QED) is 0.427. The molecule has 3 atom stereocenters. The van der Waals surface area contributed by atoms with Crippen LogP contribution in [0.1, 0.15) is 39.5 Å². The molecule has 128 valence electrons. The second-order valence-corrected chi connectivity index (χ2v) is 7.08. The van der Waals surface area contributed by atoms with E-state index >= 15 is 0 Å². The number of ether oxygens (including phenoxy) is 1. The lowest BCUT2D eigenvalue weighted by Crippen LogP contribution is -2.43. The second kappa shape index (κ2) is 7.33. The third-order valence-corrected chi connectivity index (χ3v) is 5.80. The Bertz CT molecular complexity index is 524. The maximum atomic E-state index is 12.3. The summed E-state index contributed by atoms with van der Waals surface area (Å²) in [6.07, 6.45) is 2.70. The molecule has 2 aliphatic heterocycles. The molecule has 4 amide bonds. The largest absolute Gasteiger partial charge is 0.469 e. The predicted octanol–water partition coefficient (Wildman–Crippen LogP) is 1.40. The van der Waals surface area contributed by atoms with Gasteiger partial charge in [0.2, 0.25) is 11.8 Å². The van der Waals surface area contributed by atoms with E-state index in [1.165, 1.54) is 30.8 Å². The monoisotopic (exact) mass is 342 g/mol. The standard InChI is InChI=1S/C15H22N2O5S/c1-9(18)16-11-8-23-12(6-4-5-7-13(20)22-3)14(11)17(10(2)19)15(16)21/h11-12,14H,4-8H2,1-3H3/t11-,12-,14-/m0/s1. The van der Waals surface area contributed by atoms with Crippen LogP contribution in [0.2, 0.25) is 0 Å². The minimum atomic E-state index is -0.500. The van der Waals surface area contributed by atoms with Crippen LogP contribution in [0.3, 0.4) is 0 Å². The molecule has 0 saturated carbocycles. The Balaban J connectivity index is 2.02. The first-order valence-corrected chi connectivity index (χ1v) is 8.75. The van der Waals surface area contributed by atoms with Gasteiger partial charge in [0, 0.05) is 31.3 Å². The number of nitrogens with zero attached hydrogens (tertiary/aromatic N) is 2. The molecule has 2 fully saturated rings. The van der Waals surface area contributed by atoms with Gasteiger partial charge < -0.3 is 4.74 Å². The van der Waals surface area contributed by atoms with Gasteiger partial charge in [-0.2, -0.15) is 11.8 Å². The van der Waals surface area contributed by atoms with Crippen molar-refractivity contribution >= 4 is 35.6 Å². The summed E-state index contributed by atoms with van der Waals surface area (Å²) >= 11 is 1.69. The fourth-order valence-corrected chi connectivity index (χ4v) is 4.93. The molecule has 2 aliphatic rings. The van der Waals surface area contributed by atoms with Gasteiger partial charge in [-0.1, -0.05) is 6.42 Å². The van der Waals surface area contributed by atoms with Gasteiger partial charge in [-0.25, -0.2) is 4.79 Å². The summed E-state index contributed by atoms with van der Waals surface area (Å²) in [5, 5.41) is 0.106. The van der Waals surface area contributed by atoms with E-state index < -0.39 is 6.03 Å². The van der Waals surface area contributed by atoms with Gasteiger partial charge in [-0.15, -0.1) is 0 Å². The molecule has 7 nitrogen and oxygen atoms in total. The van der Waals surface area contributed by atoms with Gasteiger partial charge in [-0.05, 0) is 12.8 Å². The van der Waals surface area contributed by atoms with Crippen LogP contribution in [-0.4, -0.2) is 63.8 Å². The van der Waals surface area contributed by atoms with Crippen LogP contribution >= 0.6 is 11.8 Å². The summed E-state index contributed by atoms with van der Waals surface area (Å²) < 4.78 is 4.61. The Morgan fingerprint density at radius 3 is 2.39 bits per heavy atom. The molecule has 0 radical (unpaired) electrons. The minimum absolute atomic E-state index is 0.106. The number of unbranched alkanes of at least 4 members (excludes halogenated alkanes) is 1. The average Bonchev–Trinajstić information content (AvgIpc) is 2.99. The van der Waals surface area contributed by atoms with Crippen LogP contribution in [0.25, 0.3) is 0 Å². The summed E-state index contributed by atoms with van der Waals surface area (Å²) in [5.74, 6) is -0.218. The second-order valence-electron chi connectivity index (χ2n) is 5.81. The number of imide groups is 2. The molecular weight excluding hydrogens is 320 g/mol. The number of fused-ring (bicyclic) bond motifs is 1. The van der Waals surface area contributed by atoms with Gasteiger partial charge in [-0.3, -0.25) is 24.2 Å². The van der Waals surface area contributed by atoms with E-state index in [0.29, 0.717) is 18.6 Å². The highest BCUT2D eigenvalue weighted by Crippen LogP contribution is 2.41. The van der Waals surface area contributed by atoms with Crippen LogP contribution in [0.5, 0.6) is 0 Å². The number of urea groups is 1. The van der Waals surface area contributed by atoms with Crippen molar-refractivity contribution in [3.63, 3.8) is 0 Å². The Hall–Kier alpha value is -1.57. The highest BCUT2D eigenvalue weighted by atomic mass is 32.2. The van der Waals surface area contributed by atoms with Crippen LogP contribution in [0.15, 0.2) is 0 Å². The Morgan fingerprint density at radius 1 is 1.17 bits per heavy atom. The Morgan fingerprint density at radius 2 is 1.83 bits per heavy atom. The zero-order valence-corrected chi connectivity index (χ0v) is 14.4. The van der Waals surface area contributed by atoms with Crippen molar-refractivity contribution in [1.82, 2.24) is 9.80 Å². The predicted molar refractivity (Wildman–Crippen MR) is 84.7 cm³/mol. The van der Waals surface area contributed by atoms with E-state index in [9.17, 15) is 19.2 Å². The molecule has 0 N–H and O–H groups in total. The molecule has 0 bridgehead atoms. The highest BCUT2D eigenvalue weighted by Gasteiger charge is 2.55. The summed E-state index contributed by atoms with van der Waals surface area (Å²) in [6.45, 7) is 2.71. The van der Waals surface area contributed by atoms with Crippen molar-refractivity contribution in [3.05, 3.63) is 0 Å². The molecular formula is C15H22N2O5S. The normalized spacial score (nSPS) is 26.4. The number of carbonyl (C=O) groups excluding carboxylic acids is 4. The lowest BCUT2D eigenvalue weighted by atomic mass is 10.0. The highest BCUT2D eigenvalue weighted by molar-refractivity contribution is 8.00. The number of carbonyl (C=O) groups is 4. The number of hydrogen-bond donors (Lipinski definition) is 0. The molecule has 0 aliphatic carbocycles. The lowest BCUT2D eigenvalue weighted by Gasteiger charge is -2.24. The number of rotatable bonds is 5. The number of hydrogen-bond acceptors (Lipinski definition) is 6. The number of esters is 1. The zero-order valence-electron chi connectivity index (χ0n) is 13.6. The molecule has 0 aromatic rings. The third kappa shape index (κ3) is 3.52. The van der Waals surface area contributed by atoms with E-state index in [0.717, 1.165) is 12.8 Å². The van der Waals surface area contributed by atoms with E-state index in [4.69, 9.17) is 0 Å². The maximum absolute atomic E-state index is 12.3. The van der Waals surface area contributed by atoms with Gasteiger partial charge in [0.15, 0.2) is 0 Å². The first-order valence-electron chi connectivity index (χ1n) is 7.70. The van der Waals surface area contributed by atoms with Gasteiger partial charge in [0.1, 0.15) is 0 Å². The van der Waals surface area contributed by atoms with E-state index in [1.54, 1.807) is 11.8 Å². The first-order chi connectivity index (χ1) is 10.9. The van der Waals surface area contributed by atoms with Gasteiger partial charge in [0.25, 0.3) is 0 Å². The number of thioether (sulfide) groups is 1. The van der Waals surface area contributed by atoms with Gasteiger partial charge in [0.05, 0.1) is 19.2 Å². The summed E-state index contributed by atoms with van der Waals surface area (Å²) in [5.41, 5.74) is 0. The van der Waals surface area contributed by atoms with Crippen molar-refractivity contribution in [3.8, 4) is 0 Å². The van der Waals surface area contributed by atoms with E-state index in [1.807, 2.05) is 0 Å². The van der Waals surface area contributed by atoms with Gasteiger partial charge >= 0.3 is 12.0 Å². The Kier molecular flexibility index (Phi) is 5.67. The summed E-state index contributed by atoms with van der Waals surface area (Å²) in [7, 11) is 1.37. The van der Waals surface area contributed by atoms with Crippen molar-refractivity contribution in [2.75, 3.05) is 12.9 Å². The topological polar surface area (TPSA) is 84.0 Å². The van der Waals surface area contributed by atoms with Crippen LogP contribution in [0, 0.1) is 0 Å². The smallest absolute Gasteiger partial charge is 0.334 e. The minimum Gasteiger partial charge on any atom is -0.469 e. The molecule has 0 aromatic heterocycles. The molecule has 0 unspecified atom stereocenters. The third-order valence-electron chi connectivity index (χ3n) is 4.32.